The minimum absolute atomic E-state index is 0.0217. The highest BCUT2D eigenvalue weighted by Crippen LogP contribution is 2.46. The van der Waals surface area contributed by atoms with Gasteiger partial charge in [0.15, 0.2) is 0 Å². The van der Waals surface area contributed by atoms with Crippen molar-refractivity contribution >= 4 is 23.1 Å². The second-order valence-corrected chi connectivity index (χ2v) is 4.00. The summed E-state index contributed by atoms with van der Waals surface area (Å²) in [5, 5.41) is 2.86. The van der Waals surface area contributed by atoms with E-state index in [1.807, 2.05) is 0 Å². The van der Waals surface area contributed by atoms with E-state index in [1.54, 1.807) is 0 Å². The molecule has 74 valence electrons. The van der Waals surface area contributed by atoms with Crippen molar-refractivity contribution in [2.45, 2.75) is 32.6 Å². The molecule has 0 radical (unpaired) electrons. The number of hydrogen-bond acceptors (Lipinski definition) is 2. The van der Waals surface area contributed by atoms with E-state index in [-0.39, 0.29) is 5.91 Å². The first kappa shape index (κ1) is 10.4. The second kappa shape index (κ2) is 4.05. The number of unbranched alkanes of at least 4 members (excludes halogenated alkanes) is 1. The maximum absolute atomic E-state index is 11.6. The molecule has 1 saturated carbocycles. The molecule has 13 heavy (non-hydrogen) atoms. The Bertz CT molecular complexity index is 224. The number of nitrogens with one attached hydrogen (secondary N) is 1. The summed E-state index contributed by atoms with van der Waals surface area (Å²) >= 11 is 4.87. The summed E-state index contributed by atoms with van der Waals surface area (Å²) in [6.45, 7) is 2.83. The summed E-state index contributed by atoms with van der Waals surface area (Å²) < 4.78 is 0. The van der Waals surface area contributed by atoms with Gasteiger partial charge in [0, 0.05) is 6.54 Å². The fourth-order valence-corrected chi connectivity index (χ4v) is 1.56. The topological polar surface area (TPSA) is 55.1 Å². The van der Waals surface area contributed by atoms with Gasteiger partial charge in [-0.3, -0.25) is 4.79 Å². The molecule has 3 N–H and O–H groups in total. The summed E-state index contributed by atoms with van der Waals surface area (Å²) in [5.74, 6) is 0.0217. The molecule has 1 fully saturated rings. The monoisotopic (exact) mass is 200 g/mol. The number of nitrogens with two attached hydrogens (primary N) is 1. The molecule has 1 amide bonds. The van der Waals surface area contributed by atoms with Crippen molar-refractivity contribution in [1.82, 2.24) is 5.32 Å². The lowest BCUT2D eigenvalue weighted by atomic mass is 10.1. The first-order valence-corrected chi connectivity index (χ1v) is 5.12. The van der Waals surface area contributed by atoms with Crippen LogP contribution in [0.1, 0.15) is 32.6 Å². The fourth-order valence-electron chi connectivity index (χ4n) is 1.26. The van der Waals surface area contributed by atoms with Gasteiger partial charge in [0.2, 0.25) is 5.91 Å². The van der Waals surface area contributed by atoms with Crippen LogP contribution >= 0.6 is 12.2 Å². The van der Waals surface area contributed by atoms with Gasteiger partial charge in [-0.25, -0.2) is 0 Å². The van der Waals surface area contributed by atoms with E-state index in [9.17, 15) is 4.79 Å². The van der Waals surface area contributed by atoms with Crippen LogP contribution in [0, 0.1) is 5.41 Å². The maximum atomic E-state index is 11.6. The smallest absolute Gasteiger partial charge is 0.233 e. The van der Waals surface area contributed by atoms with Gasteiger partial charge in [0.05, 0.1) is 10.4 Å². The lowest BCUT2D eigenvalue weighted by Crippen LogP contribution is -2.39. The first-order chi connectivity index (χ1) is 6.13. The van der Waals surface area contributed by atoms with Crippen molar-refractivity contribution in [1.29, 1.82) is 0 Å². The van der Waals surface area contributed by atoms with Crippen molar-refractivity contribution in [3.8, 4) is 0 Å². The van der Waals surface area contributed by atoms with Gasteiger partial charge in [-0.05, 0) is 19.3 Å². The van der Waals surface area contributed by atoms with Crippen LogP contribution in [0.15, 0.2) is 0 Å². The molecule has 0 heterocycles. The maximum Gasteiger partial charge on any atom is 0.233 e. The van der Waals surface area contributed by atoms with Gasteiger partial charge < -0.3 is 11.1 Å². The van der Waals surface area contributed by atoms with Crippen LogP contribution in [0.5, 0.6) is 0 Å². The average Bonchev–Trinajstić information content (AvgIpc) is 2.84. The molecule has 0 spiro atoms. The normalized spacial score (nSPS) is 17.9. The van der Waals surface area contributed by atoms with Crippen LogP contribution in [-0.2, 0) is 4.79 Å². The molecule has 4 heteroatoms. The minimum Gasteiger partial charge on any atom is -0.392 e. The van der Waals surface area contributed by atoms with E-state index in [0.717, 1.165) is 32.2 Å². The van der Waals surface area contributed by atoms with Gasteiger partial charge in [-0.1, -0.05) is 25.6 Å². The van der Waals surface area contributed by atoms with Crippen LogP contribution in [0.3, 0.4) is 0 Å². The molecule has 0 aromatic rings. The predicted octanol–water partition coefficient (Wildman–Crippen LogP) is 0.969. The Kier molecular flexibility index (Phi) is 3.25. The molecule has 0 aromatic carbocycles. The Morgan fingerprint density at radius 2 is 2.23 bits per heavy atom. The first-order valence-electron chi connectivity index (χ1n) is 4.71. The summed E-state index contributed by atoms with van der Waals surface area (Å²) in [5.41, 5.74) is 5.03. The van der Waals surface area contributed by atoms with E-state index in [2.05, 4.69) is 12.2 Å². The molecule has 0 unspecified atom stereocenters. The summed E-state index contributed by atoms with van der Waals surface area (Å²) in [6.07, 6.45) is 3.74. The Labute approximate surface area is 84.1 Å². The van der Waals surface area contributed by atoms with Crippen molar-refractivity contribution in [3.63, 3.8) is 0 Å². The van der Waals surface area contributed by atoms with Gasteiger partial charge in [-0.2, -0.15) is 0 Å². The van der Waals surface area contributed by atoms with E-state index < -0.39 is 5.41 Å². The molecular formula is C9H16N2OS. The molecule has 0 saturated heterocycles. The highest BCUT2D eigenvalue weighted by Gasteiger charge is 2.52. The van der Waals surface area contributed by atoms with Crippen LogP contribution in [0.25, 0.3) is 0 Å². The molecular weight excluding hydrogens is 184 g/mol. The molecule has 3 nitrogen and oxygen atoms in total. The average molecular weight is 200 g/mol. The van der Waals surface area contributed by atoms with Crippen molar-refractivity contribution < 1.29 is 4.79 Å². The number of hydrogen-bond donors (Lipinski definition) is 2. The van der Waals surface area contributed by atoms with Gasteiger partial charge in [0.25, 0.3) is 0 Å². The van der Waals surface area contributed by atoms with E-state index >= 15 is 0 Å². The third kappa shape index (κ3) is 2.18. The van der Waals surface area contributed by atoms with Gasteiger partial charge in [0.1, 0.15) is 0 Å². The molecule has 1 rings (SSSR count). The van der Waals surface area contributed by atoms with Crippen LogP contribution in [0.4, 0.5) is 0 Å². The number of thiocarbonyl (C=S) groups is 1. The number of carbonyl (C=O) groups excluding carboxylic acids is 1. The van der Waals surface area contributed by atoms with E-state index in [4.69, 9.17) is 18.0 Å². The quantitative estimate of drug-likeness (QED) is 0.513. The molecule has 0 bridgehead atoms. The number of amides is 1. The Morgan fingerprint density at radius 3 is 2.62 bits per heavy atom. The molecule has 0 aromatic heterocycles. The number of carbonyl (C=O) groups is 1. The molecule has 0 atom stereocenters. The number of rotatable bonds is 5. The molecule has 1 aliphatic carbocycles. The van der Waals surface area contributed by atoms with E-state index in [1.165, 1.54) is 0 Å². The van der Waals surface area contributed by atoms with Crippen LogP contribution in [-0.4, -0.2) is 17.4 Å². The summed E-state index contributed by atoms with van der Waals surface area (Å²) in [7, 11) is 0. The largest absolute Gasteiger partial charge is 0.392 e. The third-order valence-corrected chi connectivity index (χ3v) is 2.86. The lowest BCUT2D eigenvalue weighted by molar-refractivity contribution is -0.123. The zero-order valence-corrected chi connectivity index (χ0v) is 8.75. The zero-order chi connectivity index (χ0) is 9.90. The lowest BCUT2D eigenvalue weighted by Gasteiger charge is -2.12. The minimum atomic E-state index is -0.483. The SMILES string of the molecule is CCCCNC(=O)C1(C(N)=S)CC1. The fraction of sp³-hybridized carbons (Fsp3) is 0.778. The Hall–Kier alpha value is -0.640. The zero-order valence-electron chi connectivity index (χ0n) is 7.93. The molecule has 1 aliphatic rings. The Morgan fingerprint density at radius 1 is 1.62 bits per heavy atom. The van der Waals surface area contributed by atoms with Crippen molar-refractivity contribution in [3.05, 3.63) is 0 Å². The molecule has 0 aliphatic heterocycles. The predicted molar refractivity (Wildman–Crippen MR) is 56.4 cm³/mol. The van der Waals surface area contributed by atoms with Crippen molar-refractivity contribution in [2.24, 2.45) is 11.1 Å². The van der Waals surface area contributed by atoms with Gasteiger partial charge in [-0.15, -0.1) is 0 Å². The summed E-state index contributed by atoms with van der Waals surface area (Å²) in [6, 6.07) is 0. The van der Waals surface area contributed by atoms with Crippen LogP contribution < -0.4 is 11.1 Å². The highest BCUT2D eigenvalue weighted by atomic mass is 32.1. The van der Waals surface area contributed by atoms with Gasteiger partial charge >= 0.3 is 0 Å². The summed E-state index contributed by atoms with van der Waals surface area (Å²) in [4.78, 5) is 11.9. The third-order valence-electron chi connectivity index (χ3n) is 2.47. The second-order valence-electron chi connectivity index (χ2n) is 3.56. The highest BCUT2D eigenvalue weighted by molar-refractivity contribution is 7.80. The van der Waals surface area contributed by atoms with Crippen LogP contribution in [0.2, 0.25) is 0 Å². The standard InChI is InChI=1S/C9H16N2OS/c1-2-3-6-11-8(12)9(4-5-9)7(10)13/h2-6H2,1H3,(H2,10,13)(H,11,12). The van der Waals surface area contributed by atoms with E-state index in [0.29, 0.717) is 4.99 Å². The van der Waals surface area contributed by atoms with Crippen molar-refractivity contribution in [2.75, 3.05) is 6.54 Å². The Balaban J connectivity index is 2.35.